The molecular weight excluding hydrogens is 278 g/mol. The predicted octanol–water partition coefficient (Wildman–Crippen LogP) is 1.75. The molecule has 22 heavy (non-hydrogen) atoms. The lowest BCUT2D eigenvalue weighted by atomic mass is 9.96. The van der Waals surface area contributed by atoms with Gasteiger partial charge in [-0.3, -0.25) is 9.36 Å². The topological polar surface area (TPSA) is 47.4 Å². The largest absolute Gasteiger partial charge is 0.377 e. The average molecular weight is 305 g/mol. The van der Waals surface area contributed by atoms with Gasteiger partial charge >= 0.3 is 0 Å². The Morgan fingerprint density at radius 2 is 2.00 bits per heavy atom. The van der Waals surface area contributed by atoms with Gasteiger partial charge < -0.3 is 9.64 Å². The van der Waals surface area contributed by atoms with Crippen molar-refractivity contribution in [3.63, 3.8) is 0 Å². The lowest BCUT2D eigenvalue weighted by Gasteiger charge is -2.33. The first-order valence-corrected chi connectivity index (χ1v) is 8.50. The number of likely N-dealkylation sites (tertiary alicyclic amines) is 1. The molecule has 122 valence electrons. The second-order valence-electron chi connectivity index (χ2n) is 6.79. The van der Waals surface area contributed by atoms with Gasteiger partial charge in [0.1, 0.15) is 0 Å². The number of piperidine rings is 1. The molecule has 2 fully saturated rings. The minimum atomic E-state index is 0.120. The van der Waals surface area contributed by atoms with Gasteiger partial charge in [-0.15, -0.1) is 0 Å². The number of ether oxygens (including phenoxy) is 1. The van der Waals surface area contributed by atoms with Gasteiger partial charge in [0, 0.05) is 31.0 Å². The molecule has 2 aliphatic heterocycles. The molecule has 0 spiro atoms. The molecule has 0 amide bonds. The van der Waals surface area contributed by atoms with Crippen molar-refractivity contribution in [2.75, 3.05) is 26.2 Å². The second kappa shape index (κ2) is 6.92. The number of aryl methyl sites for hydroxylation is 1. The molecule has 0 saturated carbocycles. The highest BCUT2D eigenvalue weighted by Crippen LogP contribution is 2.21. The van der Waals surface area contributed by atoms with Crippen LogP contribution < -0.4 is 5.56 Å². The molecule has 3 rings (SSSR count). The second-order valence-corrected chi connectivity index (χ2v) is 6.79. The zero-order valence-corrected chi connectivity index (χ0v) is 13.8. The number of hydrogen-bond acceptors (Lipinski definition) is 4. The summed E-state index contributed by atoms with van der Waals surface area (Å²) in [6.07, 6.45) is 6.90. The highest BCUT2D eigenvalue weighted by atomic mass is 16.5. The van der Waals surface area contributed by atoms with Crippen molar-refractivity contribution in [2.24, 2.45) is 5.92 Å². The van der Waals surface area contributed by atoms with Gasteiger partial charge in [-0.25, -0.2) is 4.98 Å². The molecule has 5 heteroatoms. The third-order valence-corrected chi connectivity index (χ3v) is 5.16. The quantitative estimate of drug-likeness (QED) is 0.850. The van der Waals surface area contributed by atoms with Crippen LogP contribution in [0.25, 0.3) is 0 Å². The summed E-state index contributed by atoms with van der Waals surface area (Å²) in [6.45, 7) is 8.83. The van der Waals surface area contributed by atoms with Crippen molar-refractivity contribution in [3.8, 4) is 0 Å². The monoisotopic (exact) mass is 305 g/mol. The fourth-order valence-corrected chi connectivity index (χ4v) is 3.51. The molecule has 0 aliphatic carbocycles. The molecule has 0 radical (unpaired) electrons. The summed E-state index contributed by atoms with van der Waals surface area (Å²) >= 11 is 0. The van der Waals surface area contributed by atoms with E-state index in [1.807, 2.05) is 13.8 Å². The van der Waals surface area contributed by atoms with Crippen molar-refractivity contribution in [1.82, 2.24) is 14.5 Å². The van der Waals surface area contributed by atoms with Crippen molar-refractivity contribution < 1.29 is 4.74 Å². The summed E-state index contributed by atoms with van der Waals surface area (Å²) in [7, 11) is 0. The van der Waals surface area contributed by atoms with E-state index in [1.165, 1.54) is 12.8 Å². The van der Waals surface area contributed by atoms with Crippen molar-refractivity contribution in [3.05, 3.63) is 27.9 Å². The Kier molecular flexibility index (Phi) is 4.93. The number of hydrogen-bond donors (Lipinski definition) is 0. The molecule has 0 bridgehead atoms. The van der Waals surface area contributed by atoms with E-state index in [1.54, 1.807) is 10.9 Å². The van der Waals surface area contributed by atoms with E-state index in [-0.39, 0.29) is 5.56 Å². The smallest absolute Gasteiger partial charge is 0.256 e. The minimum Gasteiger partial charge on any atom is -0.377 e. The Bertz CT molecular complexity index is 556. The van der Waals surface area contributed by atoms with Crippen LogP contribution in [0, 0.1) is 19.8 Å². The SMILES string of the molecule is Cc1ncn(CC2CCN(CC3CCCO3)CC2)c(=O)c1C. The van der Waals surface area contributed by atoms with Gasteiger partial charge in [0.15, 0.2) is 0 Å². The van der Waals surface area contributed by atoms with Gasteiger partial charge in [-0.1, -0.05) is 0 Å². The van der Waals surface area contributed by atoms with Crippen molar-refractivity contribution in [2.45, 2.75) is 52.2 Å². The van der Waals surface area contributed by atoms with E-state index in [4.69, 9.17) is 4.74 Å². The molecular formula is C17H27N3O2. The lowest BCUT2D eigenvalue weighted by molar-refractivity contribution is 0.0583. The zero-order valence-electron chi connectivity index (χ0n) is 13.8. The molecule has 0 aromatic carbocycles. The van der Waals surface area contributed by atoms with Gasteiger partial charge in [-0.05, 0) is 58.5 Å². The van der Waals surface area contributed by atoms with Crippen LogP contribution in [0.3, 0.4) is 0 Å². The molecule has 0 N–H and O–H groups in total. The molecule has 2 saturated heterocycles. The van der Waals surface area contributed by atoms with E-state index >= 15 is 0 Å². The fourth-order valence-electron chi connectivity index (χ4n) is 3.51. The van der Waals surface area contributed by atoms with Gasteiger partial charge in [0.05, 0.1) is 12.4 Å². The Morgan fingerprint density at radius 3 is 2.68 bits per heavy atom. The summed E-state index contributed by atoms with van der Waals surface area (Å²) in [6, 6.07) is 0. The first kappa shape index (κ1) is 15.7. The van der Waals surface area contributed by atoms with Crippen LogP contribution in [0.5, 0.6) is 0 Å². The highest BCUT2D eigenvalue weighted by molar-refractivity contribution is 5.12. The molecule has 2 aliphatic rings. The molecule has 5 nitrogen and oxygen atoms in total. The van der Waals surface area contributed by atoms with E-state index in [0.29, 0.717) is 12.0 Å². The van der Waals surface area contributed by atoms with Crippen LogP contribution >= 0.6 is 0 Å². The first-order valence-electron chi connectivity index (χ1n) is 8.50. The molecule has 1 aromatic rings. The maximum absolute atomic E-state index is 12.3. The first-order chi connectivity index (χ1) is 10.6. The Balaban J connectivity index is 1.51. The fraction of sp³-hybridized carbons (Fsp3) is 0.765. The summed E-state index contributed by atoms with van der Waals surface area (Å²) in [5.41, 5.74) is 1.74. The third-order valence-electron chi connectivity index (χ3n) is 5.16. The van der Waals surface area contributed by atoms with E-state index in [9.17, 15) is 4.79 Å². The summed E-state index contributed by atoms with van der Waals surface area (Å²) in [5.74, 6) is 0.586. The van der Waals surface area contributed by atoms with Crippen molar-refractivity contribution in [1.29, 1.82) is 0 Å². The standard InChI is InChI=1S/C17H27N3O2/c1-13-14(2)18-12-20(17(13)21)10-15-5-7-19(8-6-15)11-16-4-3-9-22-16/h12,15-16H,3-11H2,1-2H3. The summed E-state index contributed by atoms with van der Waals surface area (Å²) in [4.78, 5) is 19.1. The van der Waals surface area contributed by atoms with Crippen LogP contribution in [0.4, 0.5) is 0 Å². The third kappa shape index (κ3) is 3.58. The molecule has 1 unspecified atom stereocenters. The van der Waals surface area contributed by atoms with E-state index in [0.717, 1.165) is 56.9 Å². The van der Waals surface area contributed by atoms with Crippen LogP contribution in [0.15, 0.2) is 11.1 Å². The van der Waals surface area contributed by atoms with Crippen molar-refractivity contribution >= 4 is 0 Å². The van der Waals surface area contributed by atoms with Crippen LogP contribution in [-0.4, -0.2) is 46.8 Å². The number of rotatable bonds is 4. The Labute approximate surface area is 132 Å². The Hall–Kier alpha value is -1.20. The summed E-state index contributed by atoms with van der Waals surface area (Å²) in [5, 5.41) is 0. The predicted molar refractivity (Wildman–Crippen MR) is 86.1 cm³/mol. The van der Waals surface area contributed by atoms with Gasteiger partial charge in [0.25, 0.3) is 5.56 Å². The van der Waals surface area contributed by atoms with Crippen LogP contribution in [-0.2, 0) is 11.3 Å². The highest BCUT2D eigenvalue weighted by Gasteiger charge is 2.24. The van der Waals surface area contributed by atoms with E-state index < -0.39 is 0 Å². The maximum atomic E-state index is 12.3. The number of nitrogens with zero attached hydrogens (tertiary/aromatic N) is 3. The Morgan fingerprint density at radius 1 is 1.23 bits per heavy atom. The lowest BCUT2D eigenvalue weighted by Crippen LogP contribution is -2.40. The van der Waals surface area contributed by atoms with Gasteiger partial charge in [0.2, 0.25) is 0 Å². The maximum Gasteiger partial charge on any atom is 0.256 e. The van der Waals surface area contributed by atoms with E-state index in [2.05, 4.69) is 9.88 Å². The molecule has 3 heterocycles. The summed E-state index contributed by atoms with van der Waals surface area (Å²) < 4.78 is 7.52. The average Bonchev–Trinajstić information content (AvgIpc) is 3.03. The minimum absolute atomic E-state index is 0.120. The zero-order chi connectivity index (χ0) is 15.5. The van der Waals surface area contributed by atoms with Crippen LogP contribution in [0.1, 0.15) is 36.9 Å². The normalized spacial score (nSPS) is 24.0. The number of aromatic nitrogens is 2. The molecule has 1 aromatic heterocycles. The van der Waals surface area contributed by atoms with Gasteiger partial charge in [-0.2, -0.15) is 0 Å². The molecule has 1 atom stereocenters. The van der Waals surface area contributed by atoms with Crippen LogP contribution in [0.2, 0.25) is 0 Å².